The number of carbonyl (C=O) groups is 2. The highest BCUT2D eigenvalue weighted by Gasteiger charge is 2.15. The summed E-state index contributed by atoms with van der Waals surface area (Å²) >= 11 is 0. The van der Waals surface area contributed by atoms with Gasteiger partial charge in [0, 0.05) is 18.6 Å². The molecule has 0 heterocycles. The summed E-state index contributed by atoms with van der Waals surface area (Å²) in [4.78, 5) is 21.8. The Morgan fingerprint density at radius 3 is 2.00 bits per heavy atom. The van der Waals surface area contributed by atoms with Crippen LogP contribution in [0.1, 0.15) is 26.2 Å². The highest BCUT2D eigenvalue weighted by molar-refractivity contribution is 5.82. The first kappa shape index (κ1) is 13.4. The third-order valence-electron chi connectivity index (χ3n) is 1.62. The van der Waals surface area contributed by atoms with Crippen LogP contribution in [0.15, 0.2) is 25.3 Å². The zero-order chi connectivity index (χ0) is 11.7. The predicted octanol–water partition coefficient (Wildman–Crippen LogP) is 1.96. The van der Waals surface area contributed by atoms with Gasteiger partial charge in [0.15, 0.2) is 0 Å². The van der Waals surface area contributed by atoms with Gasteiger partial charge >= 0.3 is 11.9 Å². The molecule has 0 unspecified atom stereocenters. The lowest BCUT2D eigenvalue weighted by Gasteiger charge is -2.15. The molecule has 0 bridgehead atoms. The molecular weight excluding hydrogens is 196 g/mol. The fourth-order valence-corrected chi connectivity index (χ4v) is 0.868. The Hall–Kier alpha value is -1.58. The van der Waals surface area contributed by atoms with Crippen molar-refractivity contribution in [3.63, 3.8) is 0 Å². The molecule has 0 N–H and O–H groups in total. The van der Waals surface area contributed by atoms with Crippen molar-refractivity contribution in [2.24, 2.45) is 0 Å². The van der Waals surface area contributed by atoms with E-state index in [9.17, 15) is 9.59 Å². The van der Waals surface area contributed by atoms with E-state index in [1.54, 1.807) is 0 Å². The second-order valence-corrected chi connectivity index (χ2v) is 2.85. The van der Waals surface area contributed by atoms with E-state index in [1.165, 1.54) is 0 Å². The Morgan fingerprint density at radius 1 is 1.20 bits per heavy atom. The van der Waals surface area contributed by atoms with Gasteiger partial charge in [-0.25, -0.2) is 9.59 Å². The minimum Gasteiger partial charge on any atom is -0.422 e. The van der Waals surface area contributed by atoms with Crippen LogP contribution in [0, 0.1) is 0 Å². The van der Waals surface area contributed by atoms with Crippen LogP contribution in [-0.4, -0.2) is 18.2 Å². The van der Waals surface area contributed by atoms with Crippen molar-refractivity contribution < 1.29 is 19.1 Å². The third kappa shape index (κ3) is 6.49. The average molecular weight is 212 g/mol. The highest BCUT2D eigenvalue weighted by atomic mass is 16.7. The van der Waals surface area contributed by atoms with Gasteiger partial charge in [-0.2, -0.15) is 0 Å². The van der Waals surface area contributed by atoms with E-state index in [1.807, 2.05) is 6.92 Å². The Morgan fingerprint density at radius 2 is 1.67 bits per heavy atom. The summed E-state index contributed by atoms with van der Waals surface area (Å²) < 4.78 is 9.65. The molecule has 0 saturated heterocycles. The van der Waals surface area contributed by atoms with Gasteiger partial charge in [0.2, 0.25) is 6.29 Å². The van der Waals surface area contributed by atoms with Crippen LogP contribution in [0.25, 0.3) is 0 Å². The summed E-state index contributed by atoms with van der Waals surface area (Å²) in [5.41, 5.74) is 0. The van der Waals surface area contributed by atoms with Crippen molar-refractivity contribution in [1.82, 2.24) is 0 Å². The molecule has 0 atom stereocenters. The van der Waals surface area contributed by atoms with E-state index in [2.05, 4.69) is 13.2 Å². The van der Waals surface area contributed by atoms with Crippen molar-refractivity contribution in [1.29, 1.82) is 0 Å². The first-order valence-electron chi connectivity index (χ1n) is 4.80. The summed E-state index contributed by atoms with van der Waals surface area (Å²) in [7, 11) is 0. The van der Waals surface area contributed by atoms with Gasteiger partial charge < -0.3 is 9.47 Å². The molecule has 0 aromatic heterocycles. The van der Waals surface area contributed by atoms with Crippen LogP contribution in [0.2, 0.25) is 0 Å². The molecule has 0 spiro atoms. The lowest BCUT2D eigenvalue weighted by atomic mass is 10.2. The summed E-state index contributed by atoms with van der Waals surface area (Å²) in [6.07, 6.45) is 3.42. The SMILES string of the molecule is C=CC(=O)OC(CCCC)OC(=O)C=C. The predicted molar refractivity (Wildman–Crippen MR) is 55.9 cm³/mol. The minimum absolute atomic E-state index is 0.482. The van der Waals surface area contributed by atoms with Crippen molar-refractivity contribution >= 4 is 11.9 Å². The fraction of sp³-hybridized carbons (Fsp3) is 0.455. The zero-order valence-electron chi connectivity index (χ0n) is 8.90. The van der Waals surface area contributed by atoms with Crippen LogP contribution in [0.5, 0.6) is 0 Å². The van der Waals surface area contributed by atoms with Crippen LogP contribution in [0.4, 0.5) is 0 Å². The zero-order valence-corrected chi connectivity index (χ0v) is 8.90. The highest BCUT2D eigenvalue weighted by Crippen LogP contribution is 2.07. The van der Waals surface area contributed by atoms with Gasteiger partial charge in [0.1, 0.15) is 0 Å². The summed E-state index contributed by atoms with van der Waals surface area (Å²) in [6.45, 7) is 8.50. The molecule has 0 aliphatic carbocycles. The molecule has 0 saturated carbocycles. The maximum atomic E-state index is 10.9. The third-order valence-corrected chi connectivity index (χ3v) is 1.62. The van der Waals surface area contributed by atoms with E-state index in [-0.39, 0.29) is 0 Å². The summed E-state index contributed by atoms with van der Waals surface area (Å²) in [5.74, 6) is -1.21. The Kier molecular flexibility index (Phi) is 6.97. The minimum atomic E-state index is -0.846. The quantitative estimate of drug-likeness (QED) is 0.368. The van der Waals surface area contributed by atoms with E-state index in [0.717, 1.165) is 25.0 Å². The van der Waals surface area contributed by atoms with Gasteiger partial charge in [-0.1, -0.05) is 26.5 Å². The maximum absolute atomic E-state index is 10.9. The lowest BCUT2D eigenvalue weighted by Crippen LogP contribution is -2.23. The molecule has 4 nitrogen and oxygen atoms in total. The molecule has 0 aliphatic rings. The molecule has 0 rings (SSSR count). The number of esters is 2. The van der Waals surface area contributed by atoms with Gasteiger partial charge in [0.25, 0.3) is 0 Å². The first-order valence-corrected chi connectivity index (χ1v) is 4.80. The second kappa shape index (κ2) is 7.79. The first-order chi connectivity index (χ1) is 7.13. The molecule has 0 fully saturated rings. The monoisotopic (exact) mass is 212 g/mol. The summed E-state index contributed by atoms with van der Waals surface area (Å²) in [6, 6.07) is 0. The number of carbonyl (C=O) groups excluding carboxylic acids is 2. The average Bonchev–Trinajstić information content (AvgIpc) is 2.25. The van der Waals surface area contributed by atoms with Gasteiger partial charge in [-0.05, 0) is 6.42 Å². The van der Waals surface area contributed by atoms with Gasteiger partial charge in [0.05, 0.1) is 0 Å². The molecule has 0 aromatic carbocycles. The van der Waals surface area contributed by atoms with E-state index in [4.69, 9.17) is 9.47 Å². The molecule has 4 heteroatoms. The fourth-order valence-electron chi connectivity index (χ4n) is 0.868. The lowest BCUT2D eigenvalue weighted by molar-refractivity contribution is -0.181. The largest absolute Gasteiger partial charge is 0.422 e. The van der Waals surface area contributed by atoms with Crippen LogP contribution in [0.3, 0.4) is 0 Å². The van der Waals surface area contributed by atoms with E-state index in [0.29, 0.717) is 6.42 Å². The normalized spacial score (nSPS) is 9.47. The van der Waals surface area contributed by atoms with Crippen LogP contribution in [-0.2, 0) is 19.1 Å². The van der Waals surface area contributed by atoms with Crippen molar-refractivity contribution in [3.05, 3.63) is 25.3 Å². The summed E-state index contributed by atoms with van der Waals surface area (Å²) in [5, 5.41) is 0. The molecule has 84 valence electrons. The number of unbranched alkanes of at least 4 members (excludes halogenated alkanes) is 1. The number of hydrogen-bond donors (Lipinski definition) is 0. The topological polar surface area (TPSA) is 52.6 Å². The number of ether oxygens (including phenoxy) is 2. The molecule has 0 aliphatic heterocycles. The van der Waals surface area contributed by atoms with Crippen LogP contribution >= 0.6 is 0 Å². The molecular formula is C11H16O4. The molecule has 0 aromatic rings. The van der Waals surface area contributed by atoms with Crippen molar-refractivity contribution in [3.8, 4) is 0 Å². The number of rotatable bonds is 7. The molecule has 0 amide bonds. The molecule has 0 radical (unpaired) electrons. The Bertz CT molecular complexity index is 223. The van der Waals surface area contributed by atoms with E-state index >= 15 is 0 Å². The Labute approximate surface area is 89.6 Å². The van der Waals surface area contributed by atoms with Crippen molar-refractivity contribution in [2.75, 3.05) is 0 Å². The van der Waals surface area contributed by atoms with Crippen molar-refractivity contribution in [2.45, 2.75) is 32.5 Å². The van der Waals surface area contributed by atoms with Gasteiger partial charge in [-0.3, -0.25) is 0 Å². The smallest absolute Gasteiger partial charge is 0.333 e. The Balaban J connectivity index is 4.16. The maximum Gasteiger partial charge on any atom is 0.333 e. The van der Waals surface area contributed by atoms with Crippen LogP contribution < -0.4 is 0 Å². The standard InChI is InChI=1S/C11H16O4/c1-4-7-8-11(14-9(12)5-2)15-10(13)6-3/h5-6,11H,2-4,7-8H2,1H3. The van der Waals surface area contributed by atoms with Gasteiger partial charge in [-0.15, -0.1) is 0 Å². The number of hydrogen-bond acceptors (Lipinski definition) is 4. The second-order valence-electron chi connectivity index (χ2n) is 2.85. The molecule has 15 heavy (non-hydrogen) atoms. The van der Waals surface area contributed by atoms with E-state index < -0.39 is 18.2 Å².